The van der Waals surface area contributed by atoms with Crippen LogP contribution >= 0.6 is 0 Å². The van der Waals surface area contributed by atoms with Gasteiger partial charge in [0.1, 0.15) is 0 Å². The lowest BCUT2D eigenvalue weighted by atomic mass is 9.85. The zero-order valence-corrected chi connectivity index (χ0v) is 16.4. The van der Waals surface area contributed by atoms with E-state index in [-0.39, 0.29) is 5.91 Å². The monoisotopic (exact) mass is 372 g/mol. The van der Waals surface area contributed by atoms with Crippen molar-refractivity contribution in [3.05, 3.63) is 59.5 Å². The molecule has 5 nitrogen and oxygen atoms in total. The summed E-state index contributed by atoms with van der Waals surface area (Å²) in [7, 11) is 1.84. The molecule has 5 rings (SSSR count). The number of amides is 1. The van der Waals surface area contributed by atoms with E-state index in [1.807, 2.05) is 32.3 Å². The minimum atomic E-state index is 0.0828. The van der Waals surface area contributed by atoms with Gasteiger partial charge in [-0.05, 0) is 43.4 Å². The fourth-order valence-electron chi connectivity index (χ4n) is 4.15. The van der Waals surface area contributed by atoms with E-state index in [0.29, 0.717) is 6.54 Å². The van der Waals surface area contributed by atoms with Crippen LogP contribution in [0.15, 0.2) is 42.7 Å². The minimum Gasteiger partial charge on any atom is -0.337 e. The molecular weight excluding hydrogens is 348 g/mol. The highest BCUT2D eigenvalue weighted by Crippen LogP contribution is 2.34. The van der Waals surface area contributed by atoms with E-state index in [0.717, 1.165) is 51.7 Å². The number of fused-ring (bicyclic) bond motifs is 1. The van der Waals surface area contributed by atoms with Gasteiger partial charge in [0.25, 0.3) is 5.91 Å². The maximum atomic E-state index is 12.4. The summed E-state index contributed by atoms with van der Waals surface area (Å²) in [6.45, 7) is 3.67. The predicted octanol–water partition coefficient (Wildman–Crippen LogP) is 4.31. The van der Waals surface area contributed by atoms with Crippen LogP contribution in [-0.2, 0) is 13.1 Å². The van der Waals surface area contributed by atoms with Crippen LogP contribution in [0.5, 0.6) is 0 Å². The molecule has 2 aromatic heterocycles. The summed E-state index contributed by atoms with van der Waals surface area (Å²) in [5.41, 5.74) is 6.86. The third-order valence-electron chi connectivity index (χ3n) is 6.02. The zero-order valence-electron chi connectivity index (χ0n) is 16.4. The molecule has 0 unspecified atom stereocenters. The van der Waals surface area contributed by atoms with Crippen LogP contribution in [0.4, 0.5) is 0 Å². The van der Waals surface area contributed by atoms with Crippen molar-refractivity contribution in [3.8, 4) is 22.4 Å². The van der Waals surface area contributed by atoms with Crippen molar-refractivity contribution in [2.45, 2.75) is 39.3 Å². The Balaban J connectivity index is 1.54. The standard InChI is InChI=1S/C23H24N4O/c1-15-6-9-20(19-11-24-27(14-19)12-16-4-3-5-16)22(25-15)17-7-8-18-13-26(2)23(28)21(18)10-17/h6-11,14,16H,3-5,12-13H2,1-2H3. The molecule has 3 aromatic rings. The number of carbonyl (C=O) groups is 1. The van der Waals surface area contributed by atoms with E-state index < -0.39 is 0 Å². The Labute approximate surface area is 165 Å². The second-order valence-corrected chi connectivity index (χ2v) is 8.13. The van der Waals surface area contributed by atoms with Crippen molar-refractivity contribution in [1.29, 1.82) is 0 Å². The molecule has 0 atom stereocenters. The van der Waals surface area contributed by atoms with E-state index in [1.165, 1.54) is 19.3 Å². The van der Waals surface area contributed by atoms with Crippen LogP contribution < -0.4 is 0 Å². The van der Waals surface area contributed by atoms with Crippen molar-refractivity contribution < 1.29 is 4.79 Å². The van der Waals surface area contributed by atoms with Crippen LogP contribution in [-0.4, -0.2) is 32.6 Å². The van der Waals surface area contributed by atoms with Gasteiger partial charge in [0.05, 0.1) is 11.9 Å². The Morgan fingerprint density at radius 1 is 1.11 bits per heavy atom. The average molecular weight is 372 g/mol. The summed E-state index contributed by atoms with van der Waals surface area (Å²) in [5, 5.41) is 4.58. The van der Waals surface area contributed by atoms with Crippen molar-refractivity contribution in [2.75, 3.05) is 7.05 Å². The van der Waals surface area contributed by atoms with Crippen LogP contribution in [0, 0.1) is 12.8 Å². The molecule has 142 valence electrons. The lowest BCUT2D eigenvalue weighted by molar-refractivity contribution is 0.0816. The van der Waals surface area contributed by atoms with Crippen LogP contribution in [0.1, 0.15) is 40.9 Å². The number of nitrogens with zero attached hydrogens (tertiary/aromatic N) is 4. The molecule has 0 saturated heterocycles. The molecule has 3 heterocycles. The number of aryl methyl sites for hydroxylation is 1. The summed E-state index contributed by atoms with van der Waals surface area (Å²) in [4.78, 5) is 19.0. The molecule has 5 heteroatoms. The Morgan fingerprint density at radius 3 is 2.75 bits per heavy atom. The molecule has 1 aliphatic carbocycles. The van der Waals surface area contributed by atoms with Gasteiger partial charge in [0, 0.05) is 54.3 Å². The number of carbonyl (C=O) groups excluding carboxylic acids is 1. The minimum absolute atomic E-state index is 0.0828. The molecule has 0 radical (unpaired) electrons. The highest BCUT2D eigenvalue weighted by atomic mass is 16.2. The zero-order chi connectivity index (χ0) is 19.3. The normalized spacial score (nSPS) is 16.4. The second-order valence-electron chi connectivity index (χ2n) is 8.13. The summed E-state index contributed by atoms with van der Waals surface area (Å²) in [6.07, 6.45) is 8.02. The molecule has 1 aliphatic heterocycles. The van der Waals surface area contributed by atoms with Gasteiger partial charge in [0.15, 0.2) is 0 Å². The van der Waals surface area contributed by atoms with Gasteiger partial charge in [-0.2, -0.15) is 5.10 Å². The predicted molar refractivity (Wildman–Crippen MR) is 109 cm³/mol. The first-order valence-corrected chi connectivity index (χ1v) is 9.98. The average Bonchev–Trinajstić information content (AvgIpc) is 3.23. The van der Waals surface area contributed by atoms with Gasteiger partial charge in [0.2, 0.25) is 0 Å². The van der Waals surface area contributed by atoms with Crippen LogP contribution in [0.3, 0.4) is 0 Å². The molecule has 0 bridgehead atoms. The van der Waals surface area contributed by atoms with Crippen LogP contribution in [0.2, 0.25) is 0 Å². The molecule has 0 spiro atoms. The Hall–Kier alpha value is -2.95. The van der Waals surface area contributed by atoms with Crippen LogP contribution in [0.25, 0.3) is 22.4 Å². The number of rotatable bonds is 4. The fourth-order valence-corrected chi connectivity index (χ4v) is 4.15. The van der Waals surface area contributed by atoms with E-state index in [9.17, 15) is 4.79 Å². The molecule has 1 amide bonds. The van der Waals surface area contributed by atoms with Gasteiger partial charge in [-0.25, -0.2) is 0 Å². The Bertz CT molecular complexity index is 1060. The van der Waals surface area contributed by atoms with Crippen molar-refractivity contribution in [2.24, 2.45) is 5.92 Å². The van der Waals surface area contributed by atoms with E-state index in [4.69, 9.17) is 4.98 Å². The number of pyridine rings is 1. The maximum Gasteiger partial charge on any atom is 0.254 e. The van der Waals surface area contributed by atoms with Crippen molar-refractivity contribution in [1.82, 2.24) is 19.7 Å². The summed E-state index contributed by atoms with van der Waals surface area (Å²) < 4.78 is 2.06. The Kier molecular flexibility index (Phi) is 4.04. The molecule has 1 aromatic carbocycles. The van der Waals surface area contributed by atoms with Crippen molar-refractivity contribution in [3.63, 3.8) is 0 Å². The van der Waals surface area contributed by atoms with Gasteiger partial charge in [-0.3, -0.25) is 14.5 Å². The lowest BCUT2D eigenvalue weighted by Gasteiger charge is -2.24. The maximum absolute atomic E-state index is 12.4. The molecule has 0 N–H and O–H groups in total. The first kappa shape index (κ1) is 17.2. The molecular formula is C23H24N4O. The Morgan fingerprint density at radius 2 is 1.96 bits per heavy atom. The van der Waals surface area contributed by atoms with Gasteiger partial charge in [-0.15, -0.1) is 0 Å². The lowest BCUT2D eigenvalue weighted by Crippen LogP contribution is -2.18. The first-order chi connectivity index (χ1) is 13.6. The van der Waals surface area contributed by atoms with Gasteiger partial charge < -0.3 is 4.90 Å². The van der Waals surface area contributed by atoms with E-state index in [2.05, 4.69) is 34.2 Å². The molecule has 28 heavy (non-hydrogen) atoms. The number of benzene rings is 1. The fraction of sp³-hybridized carbons (Fsp3) is 0.348. The smallest absolute Gasteiger partial charge is 0.254 e. The van der Waals surface area contributed by atoms with E-state index in [1.54, 1.807) is 4.90 Å². The SMILES string of the molecule is Cc1ccc(-c2cnn(CC3CCC3)c2)c(-c2ccc3c(c2)C(=O)N(C)C3)n1. The van der Waals surface area contributed by atoms with E-state index >= 15 is 0 Å². The summed E-state index contributed by atoms with van der Waals surface area (Å²) >= 11 is 0. The third-order valence-corrected chi connectivity index (χ3v) is 6.02. The largest absolute Gasteiger partial charge is 0.337 e. The number of aromatic nitrogens is 3. The quantitative estimate of drug-likeness (QED) is 0.686. The topological polar surface area (TPSA) is 51.0 Å². The molecule has 2 aliphatic rings. The number of hydrogen-bond acceptors (Lipinski definition) is 3. The highest BCUT2D eigenvalue weighted by Gasteiger charge is 2.25. The summed E-state index contributed by atoms with van der Waals surface area (Å²) in [6, 6.07) is 10.3. The second kappa shape index (κ2) is 6.59. The number of hydrogen-bond donors (Lipinski definition) is 0. The molecule has 1 saturated carbocycles. The first-order valence-electron chi connectivity index (χ1n) is 9.98. The highest BCUT2D eigenvalue weighted by molar-refractivity contribution is 5.99. The summed E-state index contributed by atoms with van der Waals surface area (Å²) in [5.74, 6) is 0.849. The van der Waals surface area contributed by atoms with Crippen molar-refractivity contribution >= 4 is 5.91 Å². The third kappa shape index (κ3) is 2.91. The van der Waals surface area contributed by atoms with Gasteiger partial charge >= 0.3 is 0 Å². The molecule has 1 fully saturated rings. The van der Waals surface area contributed by atoms with Gasteiger partial charge in [-0.1, -0.05) is 24.6 Å².